The van der Waals surface area contributed by atoms with Crippen molar-refractivity contribution in [2.75, 3.05) is 0 Å². The van der Waals surface area contributed by atoms with Crippen LogP contribution >= 0.6 is 23.1 Å². The highest BCUT2D eigenvalue weighted by atomic mass is 32.2. The number of amides is 2. The molecule has 0 saturated heterocycles. The zero-order valence-electron chi connectivity index (χ0n) is 15.2. The molecule has 0 aliphatic heterocycles. The second kappa shape index (κ2) is 9.87. The summed E-state index contributed by atoms with van der Waals surface area (Å²) < 4.78 is 2.20. The van der Waals surface area contributed by atoms with Gasteiger partial charge in [0.25, 0.3) is 11.8 Å². The molecule has 3 aromatic rings. The highest BCUT2D eigenvalue weighted by Crippen LogP contribution is 2.31. The van der Waals surface area contributed by atoms with Crippen LogP contribution in [0.1, 0.15) is 22.8 Å². The van der Waals surface area contributed by atoms with E-state index in [2.05, 4.69) is 21.9 Å². The normalized spacial score (nSPS) is 11.3. The maximum atomic E-state index is 12.1. The molecule has 142 valence electrons. The number of para-hydroxylation sites is 1. The summed E-state index contributed by atoms with van der Waals surface area (Å²) in [4.78, 5) is 28.2. The Kier molecular flexibility index (Phi) is 7.00. The molecule has 5 nitrogen and oxygen atoms in total. The van der Waals surface area contributed by atoms with Gasteiger partial charge in [0.1, 0.15) is 0 Å². The SMILES string of the molecule is C/C=C/C=C/C(=O)NNC(=O)c1ccc(CSc2nc3ccccc3s2)cc1. The number of carbonyl (C=O) groups is 2. The summed E-state index contributed by atoms with van der Waals surface area (Å²) >= 11 is 3.35. The van der Waals surface area contributed by atoms with E-state index in [4.69, 9.17) is 0 Å². The van der Waals surface area contributed by atoms with Crippen LogP contribution in [0, 0.1) is 0 Å². The Morgan fingerprint density at radius 2 is 1.86 bits per heavy atom. The zero-order valence-corrected chi connectivity index (χ0v) is 16.8. The molecule has 0 saturated carbocycles. The Morgan fingerprint density at radius 3 is 2.61 bits per heavy atom. The van der Waals surface area contributed by atoms with Gasteiger partial charge in [0.2, 0.25) is 0 Å². The van der Waals surface area contributed by atoms with E-state index in [0.29, 0.717) is 5.56 Å². The van der Waals surface area contributed by atoms with E-state index < -0.39 is 5.91 Å². The first kappa shape index (κ1) is 19.9. The highest BCUT2D eigenvalue weighted by molar-refractivity contribution is 8.00. The molecule has 0 bridgehead atoms. The Bertz CT molecular complexity index is 991. The summed E-state index contributed by atoms with van der Waals surface area (Å²) in [5.74, 6) is 0.0160. The van der Waals surface area contributed by atoms with Crippen molar-refractivity contribution >= 4 is 45.1 Å². The van der Waals surface area contributed by atoms with Gasteiger partial charge in [-0.15, -0.1) is 11.3 Å². The number of nitrogens with zero attached hydrogens (tertiary/aromatic N) is 1. The van der Waals surface area contributed by atoms with E-state index in [-0.39, 0.29) is 5.91 Å². The van der Waals surface area contributed by atoms with Crippen LogP contribution in [-0.2, 0) is 10.5 Å². The molecular weight excluding hydrogens is 390 g/mol. The van der Waals surface area contributed by atoms with Crippen molar-refractivity contribution in [2.45, 2.75) is 17.0 Å². The number of allylic oxidation sites excluding steroid dienone is 3. The summed E-state index contributed by atoms with van der Waals surface area (Å²) in [6.45, 7) is 1.85. The molecule has 0 radical (unpaired) electrons. The number of hydrazine groups is 1. The van der Waals surface area contributed by atoms with Crippen molar-refractivity contribution in [1.82, 2.24) is 15.8 Å². The predicted octanol–water partition coefficient (Wildman–Crippen LogP) is 4.48. The molecule has 3 rings (SSSR count). The van der Waals surface area contributed by atoms with Gasteiger partial charge in [-0.25, -0.2) is 4.98 Å². The van der Waals surface area contributed by atoms with Gasteiger partial charge in [-0.2, -0.15) is 0 Å². The lowest BCUT2D eigenvalue weighted by Crippen LogP contribution is -2.40. The largest absolute Gasteiger partial charge is 0.269 e. The molecule has 0 spiro atoms. The van der Waals surface area contributed by atoms with E-state index >= 15 is 0 Å². The first-order valence-electron chi connectivity index (χ1n) is 8.62. The number of aromatic nitrogens is 1. The van der Waals surface area contributed by atoms with Gasteiger partial charge in [-0.1, -0.05) is 54.3 Å². The fraction of sp³-hybridized carbons (Fsp3) is 0.0952. The Balaban J connectivity index is 1.51. The van der Waals surface area contributed by atoms with E-state index in [0.717, 1.165) is 21.2 Å². The molecule has 2 N–H and O–H groups in total. The van der Waals surface area contributed by atoms with Gasteiger partial charge in [0.05, 0.1) is 10.2 Å². The van der Waals surface area contributed by atoms with Crippen molar-refractivity contribution in [3.05, 3.63) is 84.0 Å². The minimum Gasteiger partial charge on any atom is -0.268 e. The number of thioether (sulfide) groups is 1. The zero-order chi connectivity index (χ0) is 19.8. The summed E-state index contributed by atoms with van der Waals surface area (Å²) in [6, 6.07) is 15.4. The number of thiazole rings is 1. The second-order valence-electron chi connectivity index (χ2n) is 5.76. The van der Waals surface area contributed by atoms with Gasteiger partial charge in [-0.05, 0) is 36.8 Å². The van der Waals surface area contributed by atoms with E-state index in [9.17, 15) is 9.59 Å². The topological polar surface area (TPSA) is 71.1 Å². The summed E-state index contributed by atoms with van der Waals surface area (Å²) in [7, 11) is 0. The van der Waals surface area contributed by atoms with Gasteiger partial charge in [-0.3, -0.25) is 20.4 Å². The highest BCUT2D eigenvalue weighted by Gasteiger charge is 2.07. The molecule has 1 heterocycles. The number of nitrogens with one attached hydrogen (secondary N) is 2. The van der Waals surface area contributed by atoms with Crippen molar-refractivity contribution < 1.29 is 9.59 Å². The van der Waals surface area contributed by atoms with Gasteiger partial charge >= 0.3 is 0 Å². The maximum Gasteiger partial charge on any atom is 0.269 e. The third-order valence-electron chi connectivity index (χ3n) is 3.70. The number of benzene rings is 2. The van der Waals surface area contributed by atoms with Crippen LogP contribution in [-0.4, -0.2) is 16.8 Å². The molecule has 0 aliphatic carbocycles. The minimum absolute atomic E-state index is 0.363. The molecular formula is C21H19N3O2S2. The van der Waals surface area contributed by atoms with Crippen molar-refractivity contribution in [2.24, 2.45) is 0 Å². The number of hydrogen-bond acceptors (Lipinski definition) is 5. The van der Waals surface area contributed by atoms with E-state index in [1.807, 2.05) is 37.3 Å². The monoisotopic (exact) mass is 409 g/mol. The quantitative estimate of drug-likeness (QED) is 0.272. The molecule has 0 aliphatic rings. The molecule has 28 heavy (non-hydrogen) atoms. The van der Waals surface area contributed by atoms with Crippen LogP contribution in [0.5, 0.6) is 0 Å². The van der Waals surface area contributed by atoms with E-state index in [1.165, 1.54) is 10.8 Å². The number of carbonyl (C=O) groups excluding carboxylic acids is 2. The number of rotatable bonds is 6. The fourth-order valence-corrected chi connectivity index (χ4v) is 4.32. The van der Waals surface area contributed by atoms with Crippen LogP contribution in [0.4, 0.5) is 0 Å². The van der Waals surface area contributed by atoms with Gasteiger partial charge in [0.15, 0.2) is 4.34 Å². The van der Waals surface area contributed by atoms with Crippen molar-refractivity contribution in [3.63, 3.8) is 0 Å². The Hall–Kier alpha value is -2.90. The molecule has 0 atom stereocenters. The predicted molar refractivity (Wildman–Crippen MR) is 115 cm³/mol. The first-order valence-corrected chi connectivity index (χ1v) is 10.4. The Labute approximate surface area is 171 Å². The summed E-state index contributed by atoms with van der Waals surface area (Å²) in [5.41, 5.74) is 7.33. The molecule has 7 heteroatoms. The van der Waals surface area contributed by atoms with Crippen LogP contribution in [0.3, 0.4) is 0 Å². The third-order valence-corrected chi connectivity index (χ3v) is 5.95. The first-order chi connectivity index (χ1) is 13.7. The smallest absolute Gasteiger partial charge is 0.268 e. The average molecular weight is 410 g/mol. The van der Waals surface area contributed by atoms with Crippen LogP contribution in [0.25, 0.3) is 10.2 Å². The summed E-state index contributed by atoms with van der Waals surface area (Å²) in [6.07, 6.45) is 6.47. The fourth-order valence-electron chi connectivity index (χ4n) is 2.30. The number of fused-ring (bicyclic) bond motifs is 1. The average Bonchev–Trinajstić information content (AvgIpc) is 3.14. The van der Waals surface area contributed by atoms with Crippen molar-refractivity contribution in [3.8, 4) is 0 Å². The minimum atomic E-state index is -0.393. The Morgan fingerprint density at radius 1 is 1.07 bits per heavy atom. The van der Waals surface area contributed by atoms with E-state index in [1.54, 1.807) is 53.5 Å². The third kappa shape index (κ3) is 5.55. The lowest BCUT2D eigenvalue weighted by Gasteiger charge is -2.06. The number of hydrogen-bond donors (Lipinski definition) is 2. The lowest BCUT2D eigenvalue weighted by atomic mass is 10.1. The maximum absolute atomic E-state index is 12.1. The second-order valence-corrected chi connectivity index (χ2v) is 8.01. The standard InChI is InChI=1S/C21H19N3O2S2/c1-2-3-4-9-19(25)23-24-20(26)16-12-10-15(11-13-16)14-27-21-22-17-7-5-6-8-18(17)28-21/h2-13H,14H2,1H3,(H,23,25)(H,24,26)/b3-2+,9-4+. The lowest BCUT2D eigenvalue weighted by molar-refractivity contribution is -0.117. The molecule has 1 aromatic heterocycles. The van der Waals surface area contributed by atoms with Crippen LogP contribution in [0.2, 0.25) is 0 Å². The van der Waals surface area contributed by atoms with Gasteiger partial charge < -0.3 is 0 Å². The molecule has 0 unspecified atom stereocenters. The molecule has 2 aromatic carbocycles. The molecule has 2 amide bonds. The van der Waals surface area contributed by atoms with Gasteiger partial charge in [0, 0.05) is 17.4 Å². The van der Waals surface area contributed by atoms with Crippen LogP contribution < -0.4 is 10.9 Å². The molecule has 0 fully saturated rings. The van der Waals surface area contributed by atoms with Crippen molar-refractivity contribution in [1.29, 1.82) is 0 Å². The van der Waals surface area contributed by atoms with Crippen LogP contribution in [0.15, 0.2) is 77.2 Å². The summed E-state index contributed by atoms with van der Waals surface area (Å²) in [5, 5.41) is 0.